The van der Waals surface area contributed by atoms with E-state index < -0.39 is 0 Å². The molecule has 0 saturated carbocycles. The van der Waals surface area contributed by atoms with Gasteiger partial charge >= 0.3 is 0 Å². The SMILES string of the molecule is C/C=C(C)\C=C(/C)c1ccc(C)c(C)c1. The molecule has 0 N–H and O–H groups in total. The van der Waals surface area contributed by atoms with Gasteiger partial charge in [-0.15, -0.1) is 0 Å². The van der Waals surface area contributed by atoms with Crippen molar-refractivity contribution in [3.63, 3.8) is 0 Å². The summed E-state index contributed by atoms with van der Waals surface area (Å²) in [5, 5.41) is 0. The van der Waals surface area contributed by atoms with E-state index >= 15 is 0 Å². The third kappa shape index (κ3) is 3.09. The zero-order valence-electron chi connectivity index (χ0n) is 10.4. The number of rotatable bonds is 2. The predicted octanol–water partition coefficient (Wildman–Crippen LogP) is 4.67. The molecule has 0 heterocycles. The molecule has 0 saturated heterocycles. The molecule has 0 aliphatic rings. The standard InChI is InChI=1S/C15H20/c1-6-11(2)9-14(5)15-8-7-12(3)13(4)10-15/h6-10H,1-5H3/b11-6-,14-9+. The van der Waals surface area contributed by atoms with Crippen LogP contribution in [-0.2, 0) is 0 Å². The molecule has 80 valence electrons. The summed E-state index contributed by atoms with van der Waals surface area (Å²) in [6, 6.07) is 6.63. The Kier molecular flexibility index (Phi) is 3.90. The Bertz CT molecular complexity index is 406. The van der Waals surface area contributed by atoms with E-state index in [9.17, 15) is 0 Å². The van der Waals surface area contributed by atoms with Gasteiger partial charge in [-0.05, 0) is 56.9 Å². The van der Waals surface area contributed by atoms with Crippen LogP contribution < -0.4 is 0 Å². The van der Waals surface area contributed by atoms with E-state index in [0.29, 0.717) is 0 Å². The Morgan fingerprint density at radius 1 is 1.07 bits per heavy atom. The number of hydrogen-bond donors (Lipinski definition) is 0. The molecular formula is C15H20. The minimum Gasteiger partial charge on any atom is -0.0847 e. The molecule has 0 amide bonds. The van der Waals surface area contributed by atoms with E-state index in [2.05, 4.69) is 65.0 Å². The van der Waals surface area contributed by atoms with Crippen molar-refractivity contribution in [2.75, 3.05) is 0 Å². The molecular weight excluding hydrogens is 180 g/mol. The second kappa shape index (κ2) is 4.97. The number of allylic oxidation sites excluding steroid dienone is 4. The summed E-state index contributed by atoms with van der Waals surface area (Å²) in [4.78, 5) is 0. The van der Waals surface area contributed by atoms with Crippen LogP contribution in [0.1, 0.15) is 37.5 Å². The largest absolute Gasteiger partial charge is 0.0847 e. The molecule has 0 nitrogen and oxygen atoms in total. The summed E-state index contributed by atoms with van der Waals surface area (Å²) in [6.45, 7) is 10.7. The van der Waals surface area contributed by atoms with Gasteiger partial charge in [-0.25, -0.2) is 0 Å². The minimum absolute atomic E-state index is 1.31. The van der Waals surface area contributed by atoms with Gasteiger partial charge in [0.25, 0.3) is 0 Å². The molecule has 0 spiro atoms. The Balaban J connectivity index is 3.07. The van der Waals surface area contributed by atoms with Gasteiger partial charge in [0.1, 0.15) is 0 Å². The van der Waals surface area contributed by atoms with Gasteiger partial charge in [0.15, 0.2) is 0 Å². The fraction of sp³-hybridized carbons (Fsp3) is 0.333. The third-order valence-corrected chi connectivity index (χ3v) is 2.86. The molecule has 0 radical (unpaired) electrons. The average molecular weight is 200 g/mol. The van der Waals surface area contributed by atoms with Gasteiger partial charge in [0.05, 0.1) is 0 Å². The van der Waals surface area contributed by atoms with E-state index in [0.717, 1.165) is 0 Å². The van der Waals surface area contributed by atoms with Gasteiger partial charge in [-0.3, -0.25) is 0 Å². The average Bonchev–Trinajstić information content (AvgIpc) is 2.21. The van der Waals surface area contributed by atoms with Crippen LogP contribution in [0.4, 0.5) is 0 Å². The number of hydrogen-bond acceptors (Lipinski definition) is 0. The first-order valence-corrected chi connectivity index (χ1v) is 5.43. The quantitative estimate of drug-likeness (QED) is 0.608. The molecule has 0 aromatic heterocycles. The van der Waals surface area contributed by atoms with Gasteiger partial charge in [0.2, 0.25) is 0 Å². The predicted molar refractivity (Wildman–Crippen MR) is 69.0 cm³/mol. The van der Waals surface area contributed by atoms with Crippen molar-refractivity contribution < 1.29 is 0 Å². The molecule has 1 rings (SSSR count). The highest BCUT2D eigenvalue weighted by Crippen LogP contribution is 2.19. The Morgan fingerprint density at radius 3 is 2.27 bits per heavy atom. The van der Waals surface area contributed by atoms with Crippen molar-refractivity contribution in [3.8, 4) is 0 Å². The molecule has 1 aromatic carbocycles. The van der Waals surface area contributed by atoms with Gasteiger partial charge < -0.3 is 0 Å². The second-order valence-corrected chi connectivity index (χ2v) is 4.16. The van der Waals surface area contributed by atoms with E-state index in [1.165, 1.54) is 27.8 Å². The first-order chi connectivity index (χ1) is 7.04. The molecule has 15 heavy (non-hydrogen) atoms. The monoisotopic (exact) mass is 200 g/mol. The highest BCUT2D eigenvalue weighted by Gasteiger charge is 1.98. The fourth-order valence-corrected chi connectivity index (χ4v) is 1.49. The van der Waals surface area contributed by atoms with E-state index in [1.54, 1.807) is 0 Å². The third-order valence-electron chi connectivity index (χ3n) is 2.86. The molecule has 0 fully saturated rings. The van der Waals surface area contributed by atoms with Gasteiger partial charge in [-0.2, -0.15) is 0 Å². The second-order valence-electron chi connectivity index (χ2n) is 4.16. The molecule has 0 aliphatic heterocycles. The van der Waals surface area contributed by atoms with Crippen LogP contribution in [-0.4, -0.2) is 0 Å². The summed E-state index contributed by atoms with van der Waals surface area (Å²) in [5.41, 5.74) is 6.67. The smallest absolute Gasteiger partial charge is 0.0224 e. The Morgan fingerprint density at radius 2 is 1.73 bits per heavy atom. The van der Waals surface area contributed by atoms with Crippen molar-refractivity contribution in [1.29, 1.82) is 0 Å². The summed E-state index contributed by atoms with van der Waals surface area (Å²) in [5.74, 6) is 0. The van der Waals surface area contributed by atoms with E-state index in [4.69, 9.17) is 0 Å². The van der Waals surface area contributed by atoms with E-state index in [1.807, 2.05) is 0 Å². The van der Waals surface area contributed by atoms with Gasteiger partial charge in [-0.1, -0.05) is 35.9 Å². The van der Waals surface area contributed by atoms with Crippen LogP contribution in [0.25, 0.3) is 5.57 Å². The maximum Gasteiger partial charge on any atom is -0.0224 e. The normalized spacial score (nSPS) is 13.1. The molecule has 0 heteroatoms. The summed E-state index contributed by atoms with van der Waals surface area (Å²) in [7, 11) is 0. The zero-order valence-corrected chi connectivity index (χ0v) is 10.4. The lowest BCUT2D eigenvalue weighted by atomic mass is 10.00. The zero-order chi connectivity index (χ0) is 11.4. The van der Waals surface area contributed by atoms with Crippen molar-refractivity contribution in [2.24, 2.45) is 0 Å². The maximum atomic E-state index is 2.25. The lowest BCUT2D eigenvalue weighted by Gasteiger charge is -2.06. The fourth-order valence-electron chi connectivity index (χ4n) is 1.49. The number of benzene rings is 1. The van der Waals surface area contributed by atoms with Crippen LogP contribution in [0.5, 0.6) is 0 Å². The van der Waals surface area contributed by atoms with Crippen LogP contribution in [0, 0.1) is 13.8 Å². The maximum absolute atomic E-state index is 2.25. The lowest BCUT2D eigenvalue weighted by Crippen LogP contribution is -1.85. The van der Waals surface area contributed by atoms with Crippen LogP contribution >= 0.6 is 0 Å². The molecule has 0 bridgehead atoms. The van der Waals surface area contributed by atoms with Crippen molar-refractivity contribution in [2.45, 2.75) is 34.6 Å². The van der Waals surface area contributed by atoms with E-state index in [-0.39, 0.29) is 0 Å². The van der Waals surface area contributed by atoms with Crippen molar-refractivity contribution in [3.05, 3.63) is 52.6 Å². The Labute approximate surface area is 93.3 Å². The van der Waals surface area contributed by atoms with Crippen LogP contribution in [0.15, 0.2) is 35.9 Å². The first-order valence-electron chi connectivity index (χ1n) is 5.43. The highest BCUT2D eigenvalue weighted by molar-refractivity contribution is 5.67. The van der Waals surface area contributed by atoms with Crippen molar-refractivity contribution >= 4 is 5.57 Å². The molecule has 0 unspecified atom stereocenters. The number of aryl methyl sites for hydroxylation is 2. The summed E-state index contributed by atoms with van der Waals surface area (Å²) < 4.78 is 0. The summed E-state index contributed by atoms with van der Waals surface area (Å²) in [6.07, 6.45) is 4.36. The highest BCUT2D eigenvalue weighted by atomic mass is 14.0. The Hall–Kier alpha value is -1.30. The molecule has 1 aromatic rings. The molecule has 0 aliphatic carbocycles. The minimum atomic E-state index is 1.31. The van der Waals surface area contributed by atoms with Gasteiger partial charge in [0, 0.05) is 0 Å². The topological polar surface area (TPSA) is 0 Å². The van der Waals surface area contributed by atoms with Crippen molar-refractivity contribution in [1.82, 2.24) is 0 Å². The molecule has 0 atom stereocenters. The summed E-state index contributed by atoms with van der Waals surface area (Å²) >= 11 is 0. The lowest BCUT2D eigenvalue weighted by molar-refractivity contribution is 1.32. The van der Waals surface area contributed by atoms with Crippen LogP contribution in [0.2, 0.25) is 0 Å². The first kappa shape index (κ1) is 11.8. The van der Waals surface area contributed by atoms with Crippen LogP contribution in [0.3, 0.4) is 0 Å².